The minimum absolute atomic E-state index is 0. The SMILES string of the molecule is CCC(C)(C)NC(=O)CN1CCNCC1c1nccn1C.Cl. The van der Waals surface area contributed by atoms with Gasteiger partial charge in [-0.2, -0.15) is 0 Å². The zero-order valence-corrected chi connectivity index (χ0v) is 14.7. The van der Waals surface area contributed by atoms with Crippen molar-refractivity contribution in [2.24, 2.45) is 7.05 Å². The number of carbonyl (C=O) groups is 1. The van der Waals surface area contributed by atoms with Gasteiger partial charge in [-0.15, -0.1) is 12.4 Å². The number of aryl methyl sites for hydroxylation is 1. The minimum Gasteiger partial charge on any atom is -0.350 e. The highest BCUT2D eigenvalue weighted by atomic mass is 35.5. The van der Waals surface area contributed by atoms with Crippen molar-refractivity contribution in [3.63, 3.8) is 0 Å². The lowest BCUT2D eigenvalue weighted by Crippen LogP contribution is -2.52. The summed E-state index contributed by atoms with van der Waals surface area (Å²) in [4.78, 5) is 18.9. The molecular formula is C15H28ClN5O. The van der Waals surface area contributed by atoms with E-state index in [1.54, 1.807) is 0 Å². The van der Waals surface area contributed by atoms with Crippen LogP contribution in [0.15, 0.2) is 12.4 Å². The lowest BCUT2D eigenvalue weighted by molar-refractivity contribution is -0.124. The molecule has 1 amide bonds. The monoisotopic (exact) mass is 329 g/mol. The van der Waals surface area contributed by atoms with E-state index in [1.165, 1.54) is 0 Å². The Balaban J connectivity index is 0.00000242. The smallest absolute Gasteiger partial charge is 0.234 e. The molecule has 0 aromatic carbocycles. The number of hydrogen-bond acceptors (Lipinski definition) is 4. The summed E-state index contributed by atoms with van der Waals surface area (Å²) in [6, 6.07) is 0.147. The first-order valence-corrected chi connectivity index (χ1v) is 7.66. The van der Waals surface area contributed by atoms with Gasteiger partial charge >= 0.3 is 0 Å². The Labute approximate surface area is 139 Å². The summed E-state index contributed by atoms with van der Waals surface area (Å²) >= 11 is 0. The van der Waals surface area contributed by atoms with Gasteiger partial charge in [-0.1, -0.05) is 6.92 Å². The van der Waals surface area contributed by atoms with Crippen molar-refractivity contribution in [1.29, 1.82) is 0 Å². The maximum atomic E-state index is 12.3. The van der Waals surface area contributed by atoms with E-state index < -0.39 is 0 Å². The second kappa shape index (κ2) is 7.94. The molecule has 1 aliphatic rings. The van der Waals surface area contributed by atoms with Gasteiger partial charge in [-0.05, 0) is 20.3 Å². The van der Waals surface area contributed by atoms with E-state index in [4.69, 9.17) is 0 Å². The molecule has 1 aromatic heterocycles. The lowest BCUT2D eigenvalue weighted by atomic mass is 10.0. The number of amides is 1. The first-order valence-electron chi connectivity index (χ1n) is 7.66. The van der Waals surface area contributed by atoms with Crippen LogP contribution in [0.4, 0.5) is 0 Å². The third-order valence-corrected chi connectivity index (χ3v) is 4.22. The van der Waals surface area contributed by atoms with E-state index in [-0.39, 0.29) is 29.9 Å². The normalized spacial score (nSPS) is 19.5. The van der Waals surface area contributed by atoms with Crippen molar-refractivity contribution < 1.29 is 4.79 Å². The molecule has 2 rings (SSSR count). The molecule has 1 aromatic rings. The first-order chi connectivity index (χ1) is 9.93. The Morgan fingerprint density at radius 2 is 2.27 bits per heavy atom. The molecule has 1 aliphatic heterocycles. The molecule has 1 atom stereocenters. The molecule has 126 valence electrons. The molecule has 22 heavy (non-hydrogen) atoms. The molecular weight excluding hydrogens is 302 g/mol. The minimum atomic E-state index is -0.149. The Morgan fingerprint density at radius 3 is 2.86 bits per heavy atom. The Kier molecular flexibility index (Phi) is 6.84. The lowest BCUT2D eigenvalue weighted by Gasteiger charge is -2.36. The van der Waals surface area contributed by atoms with Gasteiger partial charge in [0.05, 0.1) is 12.6 Å². The number of imidazole rings is 1. The second-order valence-electron chi connectivity index (χ2n) is 6.37. The van der Waals surface area contributed by atoms with Crippen LogP contribution in [0.25, 0.3) is 0 Å². The fourth-order valence-corrected chi connectivity index (χ4v) is 2.58. The number of piperazine rings is 1. The average molecular weight is 330 g/mol. The fourth-order valence-electron chi connectivity index (χ4n) is 2.58. The third kappa shape index (κ3) is 4.69. The van der Waals surface area contributed by atoms with E-state index in [0.29, 0.717) is 6.54 Å². The van der Waals surface area contributed by atoms with Crippen LogP contribution in [-0.4, -0.2) is 52.1 Å². The summed E-state index contributed by atoms with van der Waals surface area (Å²) in [5.41, 5.74) is -0.149. The Hall–Kier alpha value is -1.11. The van der Waals surface area contributed by atoms with E-state index >= 15 is 0 Å². The van der Waals surface area contributed by atoms with Gasteiger partial charge in [-0.25, -0.2) is 4.98 Å². The number of rotatable bonds is 5. The second-order valence-corrected chi connectivity index (χ2v) is 6.37. The zero-order chi connectivity index (χ0) is 15.5. The predicted molar refractivity (Wildman–Crippen MR) is 90.2 cm³/mol. The standard InChI is InChI=1S/C15H27N5O.ClH/c1-5-15(2,3)18-13(21)11-20-9-6-16-10-12(20)14-17-7-8-19(14)4;/h7-8,12,16H,5-6,9-11H2,1-4H3,(H,18,21);1H. The highest BCUT2D eigenvalue weighted by Crippen LogP contribution is 2.20. The molecule has 0 saturated carbocycles. The van der Waals surface area contributed by atoms with Gasteiger partial charge in [-0.3, -0.25) is 9.69 Å². The quantitative estimate of drug-likeness (QED) is 0.849. The van der Waals surface area contributed by atoms with Crippen molar-refractivity contribution in [2.45, 2.75) is 38.8 Å². The molecule has 2 N–H and O–H groups in total. The van der Waals surface area contributed by atoms with Crippen molar-refractivity contribution in [3.05, 3.63) is 18.2 Å². The number of hydrogen-bond donors (Lipinski definition) is 2. The van der Waals surface area contributed by atoms with Crippen LogP contribution in [-0.2, 0) is 11.8 Å². The van der Waals surface area contributed by atoms with Gasteiger partial charge in [0.1, 0.15) is 5.82 Å². The summed E-state index contributed by atoms with van der Waals surface area (Å²) in [7, 11) is 2.00. The van der Waals surface area contributed by atoms with E-state index in [9.17, 15) is 4.79 Å². The number of aromatic nitrogens is 2. The molecule has 0 bridgehead atoms. The summed E-state index contributed by atoms with van der Waals surface area (Å²) in [5.74, 6) is 1.09. The van der Waals surface area contributed by atoms with Crippen molar-refractivity contribution >= 4 is 18.3 Å². The third-order valence-electron chi connectivity index (χ3n) is 4.22. The van der Waals surface area contributed by atoms with Crippen molar-refractivity contribution in [2.75, 3.05) is 26.2 Å². The molecule has 2 heterocycles. The van der Waals surface area contributed by atoms with E-state index in [2.05, 4.69) is 41.3 Å². The van der Waals surface area contributed by atoms with E-state index in [0.717, 1.165) is 31.9 Å². The number of nitrogens with one attached hydrogen (secondary N) is 2. The Morgan fingerprint density at radius 1 is 1.55 bits per heavy atom. The largest absolute Gasteiger partial charge is 0.350 e. The van der Waals surface area contributed by atoms with Crippen LogP contribution >= 0.6 is 12.4 Å². The summed E-state index contributed by atoms with van der Waals surface area (Å²) in [6.07, 6.45) is 4.67. The van der Waals surface area contributed by atoms with Crippen molar-refractivity contribution in [1.82, 2.24) is 25.1 Å². The number of nitrogens with zero attached hydrogens (tertiary/aromatic N) is 3. The summed E-state index contributed by atoms with van der Waals surface area (Å²) < 4.78 is 2.03. The number of carbonyl (C=O) groups excluding carboxylic acids is 1. The van der Waals surface area contributed by atoms with Crippen molar-refractivity contribution in [3.8, 4) is 0 Å². The highest BCUT2D eigenvalue weighted by molar-refractivity contribution is 5.85. The molecule has 7 heteroatoms. The first kappa shape index (κ1) is 18.9. The molecule has 1 saturated heterocycles. The van der Waals surface area contributed by atoms with Crippen LogP contribution in [0.1, 0.15) is 39.1 Å². The molecule has 0 spiro atoms. The van der Waals surface area contributed by atoms with Crippen LogP contribution in [0.2, 0.25) is 0 Å². The summed E-state index contributed by atoms with van der Waals surface area (Å²) in [6.45, 7) is 9.21. The van der Waals surface area contributed by atoms with Crippen LogP contribution in [0.3, 0.4) is 0 Å². The van der Waals surface area contributed by atoms with Gasteiger partial charge < -0.3 is 15.2 Å². The topological polar surface area (TPSA) is 62.2 Å². The van der Waals surface area contributed by atoms with E-state index in [1.807, 2.05) is 24.0 Å². The fraction of sp³-hybridized carbons (Fsp3) is 0.733. The van der Waals surface area contributed by atoms with Gasteiger partial charge in [0.25, 0.3) is 0 Å². The predicted octanol–water partition coefficient (Wildman–Crippen LogP) is 1.09. The van der Waals surface area contributed by atoms with Crippen LogP contribution < -0.4 is 10.6 Å². The number of halogens is 1. The van der Waals surface area contributed by atoms with Gasteiger partial charge in [0.15, 0.2) is 0 Å². The molecule has 1 fully saturated rings. The van der Waals surface area contributed by atoms with Gasteiger partial charge in [0, 0.05) is 44.6 Å². The maximum Gasteiger partial charge on any atom is 0.234 e. The zero-order valence-electron chi connectivity index (χ0n) is 13.9. The summed E-state index contributed by atoms with van der Waals surface area (Å²) in [5, 5.41) is 6.49. The van der Waals surface area contributed by atoms with Crippen LogP contribution in [0.5, 0.6) is 0 Å². The molecule has 6 nitrogen and oxygen atoms in total. The van der Waals surface area contributed by atoms with Crippen LogP contribution in [0, 0.1) is 0 Å². The highest BCUT2D eigenvalue weighted by Gasteiger charge is 2.29. The van der Waals surface area contributed by atoms with Gasteiger partial charge in [0.2, 0.25) is 5.91 Å². The average Bonchev–Trinajstić information content (AvgIpc) is 2.85. The molecule has 1 unspecified atom stereocenters. The Bertz CT molecular complexity index is 488. The molecule has 0 radical (unpaired) electrons. The molecule has 0 aliphatic carbocycles. The maximum absolute atomic E-state index is 12.3.